The van der Waals surface area contributed by atoms with E-state index in [1.165, 1.54) is 10.6 Å². The van der Waals surface area contributed by atoms with E-state index in [1.807, 2.05) is 25.6 Å². The Morgan fingerprint density at radius 1 is 1.27 bits per heavy atom. The topological polar surface area (TPSA) is 90.7 Å². The predicted molar refractivity (Wildman–Crippen MR) is 118 cm³/mol. The minimum Gasteiger partial charge on any atom is -0.490 e. The molecule has 2 heterocycles. The van der Waals surface area contributed by atoms with Crippen LogP contribution in [0, 0.1) is 0 Å². The number of aromatic nitrogens is 2. The summed E-state index contributed by atoms with van der Waals surface area (Å²) in [4.78, 5) is 29.0. The molecule has 30 heavy (non-hydrogen) atoms. The number of carbonyl (C=O) groups excluding carboxylic acids is 1. The van der Waals surface area contributed by atoms with Gasteiger partial charge in [-0.25, -0.2) is 4.79 Å². The van der Waals surface area contributed by atoms with Crippen molar-refractivity contribution in [2.45, 2.75) is 55.9 Å². The van der Waals surface area contributed by atoms with E-state index in [0.717, 1.165) is 25.7 Å². The van der Waals surface area contributed by atoms with Crippen molar-refractivity contribution in [2.75, 3.05) is 19.8 Å². The quantitative estimate of drug-likeness (QED) is 0.638. The Labute approximate surface area is 180 Å². The largest absolute Gasteiger partial charge is 0.490 e. The third-order valence-corrected chi connectivity index (χ3v) is 7.32. The molecule has 0 unspecified atom stereocenters. The number of aryl methyl sites for hydroxylation is 1. The number of hydrogen-bond donors (Lipinski definition) is 1. The summed E-state index contributed by atoms with van der Waals surface area (Å²) < 4.78 is 12.6. The van der Waals surface area contributed by atoms with Gasteiger partial charge in [0.05, 0.1) is 23.5 Å². The highest BCUT2D eigenvalue weighted by atomic mass is 32.2. The van der Waals surface area contributed by atoms with E-state index in [1.54, 1.807) is 26.2 Å². The van der Waals surface area contributed by atoms with Gasteiger partial charge in [0.25, 0.3) is 5.56 Å². The van der Waals surface area contributed by atoms with Crippen LogP contribution in [0.1, 0.15) is 56.8 Å². The molecule has 8 heteroatoms. The molecule has 0 bridgehead atoms. The molecular weight excluding hydrogens is 404 g/mol. The Balaban J connectivity index is 0.00000124. The van der Waals surface area contributed by atoms with Crippen molar-refractivity contribution < 1.29 is 19.4 Å². The number of pyridine rings is 2. The van der Waals surface area contributed by atoms with Crippen LogP contribution in [0.5, 0.6) is 5.75 Å². The standard InChI is InChI=1S/C20H24N2O5S.C2H6/c1-3-26-18(25)13-10-14-16(22(2)17(13)24)15(4-9-21-14)27-12-20(7-8-20)28-19(11-23)5-6-19;1-2/h4,9-10,23H,3,5-8,11-12H2,1-2H3;1-2H3. The zero-order valence-corrected chi connectivity index (χ0v) is 18.9. The summed E-state index contributed by atoms with van der Waals surface area (Å²) >= 11 is 1.85. The van der Waals surface area contributed by atoms with E-state index in [2.05, 4.69) is 4.98 Å². The smallest absolute Gasteiger partial charge is 0.343 e. The van der Waals surface area contributed by atoms with Crippen LogP contribution in [0.2, 0.25) is 0 Å². The van der Waals surface area contributed by atoms with Crippen molar-refractivity contribution in [3.05, 3.63) is 34.2 Å². The van der Waals surface area contributed by atoms with E-state index < -0.39 is 11.5 Å². The molecule has 0 saturated heterocycles. The van der Waals surface area contributed by atoms with Gasteiger partial charge in [0.2, 0.25) is 0 Å². The first-order valence-corrected chi connectivity index (χ1v) is 11.3. The second-order valence-corrected chi connectivity index (χ2v) is 9.54. The monoisotopic (exact) mass is 434 g/mol. The fraction of sp³-hybridized carbons (Fsp3) is 0.591. The van der Waals surface area contributed by atoms with Gasteiger partial charge in [0.1, 0.15) is 23.4 Å². The SMILES string of the molecule is CC.CCOC(=O)c1cc2nccc(OCC3(SC4(CO)CC4)CC3)c2n(C)c1=O. The number of rotatable bonds is 8. The molecule has 1 N–H and O–H groups in total. The first-order valence-electron chi connectivity index (χ1n) is 10.5. The summed E-state index contributed by atoms with van der Waals surface area (Å²) in [5, 5.41) is 9.60. The van der Waals surface area contributed by atoms with Crippen LogP contribution >= 0.6 is 11.8 Å². The van der Waals surface area contributed by atoms with Crippen LogP contribution in [0.25, 0.3) is 11.0 Å². The maximum Gasteiger partial charge on any atom is 0.343 e. The zero-order chi connectivity index (χ0) is 21.9. The lowest BCUT2D eigenvalue weighted by molar-refractivity contribution is 0.0524. The van der Waals surface area contributed by atoms with Crippen LogP contribution in [-0.2, 0) is 11.8 Å². The van der Waals surface area contributed by atoms with Gasteiger partial charge in [-0.1, -0.05) is 13.8 Å². The minimum absolute atomic E-state index is 0.0154. The van der Waals surface area contributed by atoms with Gasteiger partial charge in [-0.2, -0.15) is 0 Å². The molecule has 7 nitrogen and oxygen atoms in total. The molecule has 0 amide bonds. The van der Waals surface area contributed by atoms with Crippen molar-refractivity contribution in [1.29, 1.82) is 0 Å². The average Bonchev–Trinajstić information content (AvgIpc) is 3.69. The zero-order valence-electron chi connectivity index (χ0n) is 18.1. The number of thioether (sulfide) groups is 1. The molecule has 4 rings (SSSR count). The fourth-order valence-electron chi connectivity index (χ4n) is 3.36. The van der Waals surface area contributed by atoms with Crippen molar-refractivity contribution in [3.63, 3.8) is 0 Å². The van der Waals surface area contributed by atoms with Crippen LogP contribution in [0.15, 0.2) is 23.1 Å². The molecule has 164 valence electrons. The maximum atomic E-state index is 12.6. The molecule has 2 aliphatic carbocycles. The van der Waals surface area contributed by atoms with Gasteiger partial charge < -0.3 is 19.1 Å². The summed E-state index contributed by atoms with van der Waals surface area (Å²) in [5.41, 5.74) is 0.602. The summed E-state index contributed by atoms with van der Waals surface area (Å²) in [6, 6.07) is 3.21. The Morgan fingerprint density at radius 2 is 1.93 bits per heavy atom. The van der Waals surface area contributed by atoms with Gasteiger partial charge in [-0.3, -0.25) is 9.78 Å². The van der Waals surface area contributed by atoms with E-state index in [4.69, 9.17) is 9.47 Å². The number of aliphatic hydroxyl groups excluding tert-OH is 1. The van der Waals surface area contributed by atoms with Crippen molar-refractivity contribution in [3.8, 4) is 5.75 Å². The highest BCUT2D eigenvalue weighted by Gasteiger charge is 2.55. The maximum absolute atomic E-state index is 12.6. The van der Waals surface area contributed by atoms with Crippen molar-refractivity contribution in [2.24, 2.45) is 7.05 Å². The number of esters is 1. The molecule has 0 radical (unpaired) electrons. The first kappa shape index (κ1) is 22.6. The number of fused-ring (bicyclic) bond motifs is 1. The molecule has 2 saturated carbocycles. The predicted octanol–water partition coefficient (Wildman–Crippen LogP) is 3.31. The minimum atomic E-state index is -0.648. The summed E-state index contributed by atoms with van der Waals surface area (Å²) in [6.07, 6.45) is 5.85. The number of aliphatic hydroxyl groups is 1. The molecule has 2 aliphatic rings. The van der Waals surface area contributed by atoms with Gasteiger partial charge >= 0.3 is 5.97 Å². The molecule has 0 spiro atoms. The average molecular weight is 435 g/mol. The molecule has 2 aromatic rings. The lowest BCUT2D eigenvalue weighted by atomic mass is 10.2. The summed E-state index contributed by atoms with van der Waals surface area (Å²) in [6.45, 7) is 6.63. The summed E-state index contributed by atoms with van der Waals surface area (Å²) in [7, 11) is 1.61. The third-order valence-electron chi connectivity index (χ3n) is 5.39. The highest BCUT2D eigenvalue weighted by molar-refractivity contribution is 8.02. The van der Waals surface area contributed by atoms with Crippen molar-refractivity contribution >= 4 is 28.8 Å². The lowest BCUT2D eigenvalue weighted by Crippen LogP contribution is -2.27. The van der Waals surface area contributed by atoms with Gasteiger partial charge in [0, 0.05) is 24.1 Å². The van der Waals surface area contributed by atoms with E-state index in [0.29, 0.717) is 23.4 Å². The van der Waals surface area contributed by atoms with Gasteiger partial charge in [-0.15, -0.1) is 11.8 Å². The molecule has 2 aromatic heterocycles. The van der Waals surface area contributed by atoms with Crippen LogP contribution in [0.4, 0.5) is 0 Å². The summed E-state index contributed by atoms with van der Waals surface area (Å²) in [5.74, 6) is -0.0779. The Kier molecular flexibility index (Phi) is 6.77. The fourth-order valence-corrected chi connectivity index (χ4v) is 5.08. The second kappa shape index (κ2) is 8.98. The third kappa shape index (κ3) is 4.49. The number of ether oxygens (including phenoxy) is 2. The highest BCUT2D eigenvalue weighted by Crippen LogP contribution is 2.61. The van der Waals surface area contributed by atoms with Crippen LogP contribution < -0.4 is 10.3 Å². The number of nitrogens with zero attached hydrogens (tertiary/aromatic N) is 2. The number of hydrogen-bond acceptors (Lipinski definition) is 7. The van der Waals surface area contributed by atoms with Crippen molar-refractivity contribution in [1.82, 2.24) is 9.55 Å². The molecule has 0 aliphatic heterocycles. The van der Waals surface area contributed by atoms with E-state index in [9.17, 15) is 14.7 Å². The van der Waals surface area contributed by atoms with Crippen LogP contribution in [0.3, 0.4) is 0 Å². The molecule has 0 aromatic carbocycles. The van der Waals surface area contributed by atoms with E-state index in [-0.39, 0.29) is 28.3 Å². The van der Waals surface area contributed by atoms with Gasteiger partial charge in [-0.05, 0) is 38.7 Å². The molecule has 2 fully saturated rings. The van der Waals surface area contributed by atoms with E-state index >= 15 is 0 Å². The number of carbonyl (C=O) groups is 1. The Hall–Kier alpha value is -2.06. The lowest BCUT2D eigenvalue weighted by Gasteiger charge is -2.22. The molecular formula is C22H30N2O5S. The molecule has 0 atom stereocenters. The van der Waals surface area contributed by atoms with Crippen LogP contribution in [-0.4, -0.2) is 49.9 Å². The van der Waals surface area contributed by atoms with Gasteiger partial charge in [0.15, 0.2) is 0 Å². The first-order chi connectivity index (χ1) is 14.4. The normalized spacial score (nSPS) is 17.6. The Morgan fingerprint density at radius 3 is 2.50 bits per heavy atom. The Bertz CT molecular complexity index is 979. The second-order valence-electron chi connectivity index (χ2n) is 7.60.